The zero-order valence-corrected chi connectivity index (χ0v) is 30.8. The van der Waals surface area contributed by atoms with Crippen molar-refractivity contribution in [2.75, 3.05) is 27.2 Å². The predicted octanol–water partition coefficient (Wildman–Crippen LogP) is 2.16. The van der Waals surface area contributed by atoms with Crippen LogP contribution in [0.4, 0.5) is 18.0 Å². The molecule has 14 nitrogen and oxygen atoms in total. The van der Waals surface area contributed by atoms with Crippen LogP contribution in [0.2, 0.25) is 0 Å². The maximum absolute atomic E-state index is 13.6. The maximum Gasteiger partial charge on any atom is 0.427 e. The molecule has 1 aliphatic carbocycles. The van der Waals surface area contributed by atoms with Gasteiger partial charge in [0.15, 0.2) is 0 Å². The van der Waals surface area contributed by atoms with Crippen LogP contribution in [0.25, 0.3) is 0 Å². The van der Waals surface area contributed by atoms with Crippen LogP contribution in [-0.2, 0) is 33.5 Å². The molecule has 4 unspecified atom stereocenters. The number of carbonyl (C=O) groups is 7. The molecule has 1 saturated heterocycles. The minimum atomic E-state index is -4.87. The Kier molecular flexibility index (Phi) is 15.6. The van der Waals surface area contributed by atoms with Crippen molar-refractivity contribution < 1.29 is 51.5 Å². The van der Waals surface area contributed by atoms with E-state index in [2.05, 4.69) is 26.0 Å². The molecule has 4 N–H and O–H groups in total. The highest BCUT2D eigenvalue weighted by molar-refractivity contribution is 6.38. The monoisotopic (exact) mass is 740 g/mol. The Morgan fingerprint density at radius 2 is 1.50 bits per heavy atom. The number of nitrogens with zero attached hydrogens (tertiary/aromatic N) is 2. The van der Waals surface area contributed by atoms with Gasteiger partial charge in [-0.3, -0.25) is 28.8 Å². The Morgan fingerprint density at radius 1 is 0.904 bits per heavy atom. The first-order valence-corrected chi connectivity index (χ1v) is 17.1. The van der Waals surface area contributed by atoms with Crippen LogP contribution >= 0.6 is 0 Å². The Labute approximate surface area is 302 Å². The SMILES string of the molecule is CC(C)CC(NC(=O)C1CCCN1C(=O)C(NC(=O)OC(C)(C)C(F)(F)F)C(C)C)C(=O)C(=O)NCC(=O)NC(C(=O)N(C)C)C1C=CC=CC=C1. The third kappa shape index (κ3) is 12.2. The number of alkyl carbamates (subject to hydrolysis) is 1. The van der Waals surface area contributed by atoms with Crippen molar-refractivity contribution in [3.05, 3.63) is 36.5 Å². The van der Waals surface area contributed by atoms with E-state index in [1.807, 2.05) is 0 Å². The van der Waals surface area contributed by atoms with E-state index in [0.29, 0.717) is 20.3 Å². The highest BCUT2D eigenvalue weighted by Gasteiger charge is 2.51. The van der Waals surface area contributed by atoms with Crippen LogP contribution in [0.3, 0.4) is 0 Å². The molecule has 0 spiro atoms. The van der Waals surface area contributed by atoms with Gasteiger partial charge in [-0.1, -0.05) is 64.2 Å². The number of carbonyl (C=O) groups excluding carboxylic acids is 7. The third-order valence-corrected chi connectivity index (χ3v) is 8.46. The summed E-state index contributed by atoms with van der Waals surface area (Å²) in [4.78, 5) is 94.0. The minimum Gasteiger partial charge on any atom is -0.434 e. The zero-order chi connectivity index (χ0) is 39.6. The van der Waals surface area contributed by atoms with Gasteiger partial charge in [-0.15, -0.1) is 0 Å². The van der Waals surface area contributed by atoms with Crippen LogP contribution in [0.15, 0.2) is 36.5 Å². The maximum atomic E-state index is 13.6. The lowest BCUT2D eigenvalue weighted by atomic mass is 9.97. The number of nitrogens with one attached hydrogen (secondary N) is 4. The van der Waals surface area contributed by atoms with Gasteiger partial charge in [-0.25, -0.2) is 4.79 Å². The number of hydrogen-bond donors (Lipinski definition) is 4. The van der Waals surface area contributed by atoms with E-state index >= 15 is 0 Å². The van der Waals surface area contributed by atoms with Gasteiger partial charge in [0.1, 0.15) is 18.1 Å². The van der Waals surface area contributed by atoms with E-state index in [1.165, 1.54) is 23.9 Å². The lowest BCUT2D eigenvalue weighted by molar-refractivity contribution is -0.244. The second kappa shape index (κ2) is 18.7. The summed E-state index contributed by atoms with van der Waals surface area (Å²) in [6.45, 7) is 7.41. The first-order valence-electron chi connectivity index (χ1n) is 17.1. The summed E-state index contributed by atoms with van der Waals surface area (Å²) in [6, 6.07) is -4.77. The first kappa shape index (κ1) is 43.5. The molecule has 290 valence electrons. The second-order valence-electron chi connectivity index (χ2n) is 14.2. The number of hydrogen-bond acceptors (Lipinski definition) is 8. The summed E-state index contributed by atoms with van der Waals surface area (Å²) in [5.41, 5.74) is -2.83. The molecule has 1 aliphatic heterocycles. The molecule has 17 heteroatoms. The van der Waals surface area contributed by atoms with Gasteiger partial charge in [-0.05, 0) is 44.9 Å². The average Bonchev–Trinajstić information content (AvgIpc) is 3.38. The van der Waals surface area contributed by atoms with Crippen LogP contribution < -0.4 is 21.3 Å². The normalized spacial score (nSPS) is 17.9. The molecule has 0 aromatic carbocycles. The smallest absolute Gasteiger partial charge is 0.427 e. The van der Waals surface area contributed by atoms with Crippen LogP contribution in [0, 0.1) is 17.8 Å². The van der Waals surface area contributed by atoms with Crippen molar-refractivity contribution >= 4 is 41.4 Å². The molecule has 1 fully saturated rings. The fraction of sp³-hybridized carbons (Fsp3) is 0.629. The Balaban J connectivity index is 2.12. The molecule has 1 heterocycles. The van der Waals surface area contributed by atoms with Crippen molar-refractivity contribution in [3.63, 3.8) is 0 Å². The van der Waals surface area contributed by atoms with E-state index in [9.17, 15) is 46.7 Å². The standard InChI is InChI=1S/C35H51F3N6O8/c1-20(2)18-23(28(46)30(48)39-19-25(45)41-27(31(49)43(7)8)22-14-11-9-10-12-15-22)40-29(47)24-16-13-17-44(24)32(50)26(21(3)4)42-33(51)52-34(5,6)35(36,37)38/h9-12,14-15,20-24,26-27H,13,16-19H2,1-8H3,(H,39,48)(H,40,47)(H,41,45)(H,42,51). The Morgan fingerprint density at radius 3 is 2.02 bits per heavy atom. The molecule has 0 saturated carbocycles. The Hall–Kier alpha value is -4.70. The molecule has 52 heavy (non-hydrogen) atoms. The molecule has 0 bridgehead atoms. The largest absolute Gasteiger partial charge is 0.434 e. The molecule has 6 amide bonds. The molecule has 2 rings (SSSR count). The van der Waals surface area contributed by atoms with Gasteiger partial charge in [0.05, 0.1) is 12.6 Å². The number of Topliss-reactive ketones (excluding diaryl/α,β-unsaturated/α-hetero) is 1. The van der Waals surface area contributed by atoms with Crippen LogP contribution in [-0.4, -0.2) is 114 Å². The topological polar surface area (TPSA) is 183 Å². The summed E-state index contributed by atoms with van der Waals surface area (Å²) < 4.78 is 44.4. The number of ether oxygens (including phenoxy) is 1. The van der Waals surface area contributed by atoms with E-state index in [4.69, 9.17) is 0 Å². The van der Waals surface area contributed by atoms with E-state index in [-0.39, 0.29) is 25.3 Å². The van der Waals surface area contributed by atoms with Crippen molar-refractivity contribution in [3.8, 4) is 0 Å². The van der Waals surface area contributed by atoms with Gasteiger partial charge in [0, 0.05) is 26.6 Å². The van der Waals surface area contributed by atoms with E-state index in [1.54, 1.807) is 64.2 Å². The minimum absolute atomic E-state index is 0.0374. The number of halogens is 3. The number of rotatable bonds is 15. The summed E-state index contributed by atoms with van der Waals surface area (Å²) in [5.74, 6) is -6.07. The number of likely N-dealkylation sites (N-methyl/N-ethyl adjacent to an activating group) is 1. The Bertz CT molecular complexity index is 1420. The first-order chi connectivity index (χ1) is 24.1. The van der Waals surface area contributed by atoms with E-state index < -0.39 is 95.7 Å². The molecular weight excluding hydrogens is 689 g/mol. The summed E-state index contributed by atoms with van der Waals surface area (Å²) in [6.07, 6.45) is 4.72. The van der Waals surface area contributed by atoms with Crippen LogP contribution in [0.1, 0.15) is 60.8 Å². The lowest BCUT2D eigenvalue weighted by Gasteiger charge is -2.32. The number of likely N-dealkylation sites (tertiary alicyclic amines) is 1. The van der Waals surface area contributed by atoms with Crippen molar-refractivity contribution in [2.45, 2.75) is 96.7 Å². The second-order valence-corrected chi connectivity index (χ2v) is 14.2. The number of alkyl halides is 3. The highest BCUT2D eigenvalue weighted by atomic mass is 19.4. The van der Waals surface area contributed by atoms with Gasteiger partial charge < -0.3 is 35.8 Å². The number of allylic oxidation sites excluding steroid dienone is 4. The zero-order valence-electron chi connectivity index (χ0n) is 30.8. The number of ketones is 1. The van der Waals surface area contributed by atoms with Crippen molar-refractivity contribution in [1.29, 1.82) is 0 Å². The van der Waals surface area contributed by atoms with Crippen LogP contribution in [0.5, 0.6) is 0 Å². The summed E-state index contributed by atoms with van der Waals surface area (Å²) in [5, 5.41) is 9.61. The molecule has 4 atom stereocenters. The molecule has 2 aliphatic rings. The lowest BCUT2D eigenvalue weighted by Crippen LogP contribution is -2.58. The van der Waals surface area contributed by atoms with E-state index in [0.717, 1.165) is 0 Å². The van der Waals surface area contributed by atoms with Crippen molar-refractivity contribution in [2.24, 2.45) is 17.8 Å². The molecule has 0 aromatic rings. The summed E-state index contributed by atoms with van der Waals surface area (Å²) in [7, 11) is 3.07. The van der Waals surface area contributed by atoms with Crippen molar-refractivity contribution in [1.82, 2.24) is 31.1 Å². The fourth-order valence-corrected chi connectivity index (χ4v) is 5.44. The highest BCUT2D eigenvalue weighted by Crippen LogP contribution is 2.33. The fourth-order valence-electron chi connectivity index (χ4n) is 5.44. The average molecular weight is 741 g/mol. The quantitative estimate of drug-likeness (QED) is 0.184. The van der Waals surface area contributed by atoms with Gasteiger partial charge in [0.25, 0.3) is 5.91 Å². The van der Waals surface area contributed by atoms with Gasteiger partial charge in [-0.2, -0.15) is 13.2 Å². The van der Waals surface area contributed by atoms with Gasteiger partial charge >= 0.3 is 12.3 Å². The molecule has 0 radical (unpaired) electrons. The summed E-state index contributed by atoms with van der Waals surface area (Å²) >= 11 is 0. The predicted molar refractivity (Wildman–Crippen MR) is 184 cm³/mol. The van der Waals surface area contributed by atoms with Gasteiger partial charge in [0.2, 0.25) is 35.0 Å². The molecular formula is C35H51F3N6O8. The number of amides is 6. The molecule has 0 aromatic heterocycles. The third-order valence-electron chi connectivity index (χ3n) is 8.46.